The van der Waals surface area contributed by atoms with Crippen LogP contribution in [0.25, 0.3) is 0 Å². The van der Waals surface area contributed by atoms with Gasteiger partial charge in [0.2, 0.25) is 5.91 Å². The Hall–Kier alpha value is -3.07. The third-order valence-corrected chi connectivity index (χ3v) is 5.60. The Morgan fingerprint density at radius 2 is 1.76 bits per heavy atom. The Kier molecular flexibility index (Phi) is 10.9. The summed E-state index contributed by atoms with van der Waals surface area (Å²) in [6.07, 6.45) is 0.567. The smallest absolute Gasteiger partial charge is 0.408 e. The minimum atomic E-state index is -0.718. The van der Waals surface area contributed by atoms with E-state index in [9.17, 15) is 14.4 Å². The summed E-state index contributed by atoms with van der Waals surface area (Å²) in [5.41, 5.74) is 0.254. The average molecular weight is 490 g/mol. The monoisotopic (exact) mass is 489 g/mol. The largest absolute Gasteiger partial charge is 0.445 e. The number of nitrogens with one attached hydrogen (secondary N) is 2. The van der Waals surface area contributed by atoms with Crippen LogP contribution in [0.15, 0.2) is 47.8 Å². The number of hydrogen-bond acceptors (Lipinski definition) is 6. The van der Waals surface area contributed by atoms with Gasteiger partial charge in [-0.1, -0.05) is 36.4 Å². The lowest BCUT2D eigenvalue weighted by atomic mass is 10.1. The molecular weight excluding hydrogens is 454 g/mol. The van der Waals surface area contributed by atoms with Gasteiger partial charge in [-0.2, -0.15) is 0 Å². The number of thiophene rings is 1. The number of ether oxygens (including phenoxy) is 2. The number of carbonyl (C=O) groups excluding carboxylic acids is 3. The molecule has 2 rings (SSSR count). The summed E-state index contributed by atoms with van der Waals surface area (Å²) in [5, 5.41) is 7.38. The molecule has 1 heterocycles. The van der Waals surface area contributed by atoms with Crippen molar-refractivity contribution in [2.24, 2.45) is 0 Å². The van der Waals surface area contributed by atoms with Crippen LogP contribution in [0, 0.1) is 0 Å². The number of alkyl carbamates (subject to hydrolysis) is 2. The van der Waals surface area contributed by atoms with Gasteiger partial charge < -0.3 is 25.0 Å². The summed E-state index contributed by atoms with van der Waals surface area (Å²) < 4.78 is 10.5. The summed E-state index contributed by atoms with van der Waals surface area (Å²) in [4.78, 5) is 39.9. The van der Waals surface area contributed by atoms with Crippen molar-refractivity contribution >= 4 is 29.4 Å². The summed E-state index contributed by atoms with van der Waals surface area (Å²) in [6, 6.07) is 12.6. The lowest BCUT2D eigenvalue weighted by Gasteiger charge is -2.26. The number of likely N-dealkylation sites (N-methyl/N-ethyl adjacent to an activating group) is 1. The molecule has 1 unspecified atom stereocenters. The van der Waals surface area contributed by atoms with Crippen molar-refractivity contribution < 1.29 is 23.9 Å². The maximum Gasteiger partial charge on any atom is 0.408 e. The predicted octanol–water partition coefficient (Wildman–Crippen LogP) is 4.70. The molecule has 186 valence electrons. The molecule has 9 heteroatoms. The second-order valence-electron chi connectivity index (χ2n) is 8.96. The van der Waals surface area contributed by atoms with E-state index in [1.165, 1.54) is 0 Å². The number of nitrogens with zero attached hydrogens (tertiary/aromatic N) is 1. The maximum atomic E-state index is 13.0. The van der Waals surface area contributed by atoms with Crippen LogP contribution >= 0.6 is 11.3 Å². The van der Waals surface area contributed by atoms with E-state index in [1.54, 1.807) is 44.1 Å². The van der Waals surface area contributed by atoms with Gasteiger partial charge >= 0.3 is 12.2 Å². The quantitative estimate of drug-likeness (QED) is 0.446. The molecule has 0 saturated heterocycles. The third kappa shape index (κ3) is 10.7. The van der Waals surface area contributed by atoms with Gasteiger partial charge in [0.05, 0.1) is 6.54 Å². The van der Waals surface area contributed by atoms with Gasteiger partial charge in [0.25, 0.3) is 0 Å². The van der Waals surface area contributed by atoms with Crippen molar-refractivity contribution in [3.63, 3.8) is 0 Å². The first-order chi connectivity index (χ1) is 16.1. The highest BCUT2D eigenvalue weighted by Gasteiger charge is 2.26. The molecule has 0 aliphatic rings. The van der Waals surface area contributed by atoms with Crippen molar-refractivity contribution in [2.45, 2.75) is 64.8 Å². The van der Waals surface area contributed by atoms with E-state index in [2.05, 4.69) is 10.6 Å². The van der Waals surface area contributed by atoms with Gasteiger partial charge in [0, 0.05) is 18.5 Å². The molecule has 2 aromatic rings. The molecule has 0 radical (unpaired) electrons. The lowest BCUT2D eigenvalue weighted by molar-refractivity contribution is -0.132. The van der Waals surface area contributed by atoms with Crippen LogP contribution < -0.4 is 10.6 Å². The van der Waals surface area contributed by atoms with E-state index in [0.717, 1.165) is 10.4 Å². The molecule has 3 amide bonds. The zero-order valence-electron chi connectivity index (χ0n) is 20.3. The molecule has 0 spiro atoms. The van der Waals surface area contributed by atoms with Crippen LogP contribution in [0.2, 0.25) is 0 Å². The molecule has 8 nitrogen and oxygen atoms in total. The van der Waals surface area contributed by atoms with Crippen LogP contribution in [-0.4, -0.2) is 48.2 Å². The average Bonchev–Trinajstić information content (AvgIpc) is 3.28. The topological polar surface area (TPSA) is 97.0 Å². The molecule has 1 atom stereocenters. The summed E-state index contributed by atoms with van der Waals surface area (Å²) in [6.45, 7) is 6.40. The van der Waals surface area contributed by atoms with Crippen molar-refractivity contribution in [1.82, 2.24) is 15.5 Å². The minimum absolute atomic E-state index is 0.186. The van der Waals surface area contributed by atoms with Crippen molar-refractivity contribution in [2.75, 3.05) is 13.6 Å². The molecule has 0 saturated carbocycles. The number of rotatable bonds is 11. The second kappa shape index (κ2) is 13.6. The first kappa shape index (κ1) is 27.2. The number of amides is 3. The van der Waals surface area contributed by atoms with Crippen molar-refractivity contribution in [3.05, 3.63) is 58.3 Å². The first-order valence-electron chi connectivity index (χ1n) is 11.4. The fraction of sp³-hybridized carbons (Fsp3) is 0.480. The fourth-order valence-electron chi connectivity index (χ4n) is 3.13. The molecule has 1 aromatic heterocycles. The Morgan fingerprint density at radius 1 is 1.03 bits per heavy atom. The standard InChI is InChI=1S/C25H35N3O5S/c1-25(2,3)33-24(31)27-21(22(29)28(4)17-20-13-10-16-34-20)14-8-9-15-26-23(30)32-18-19-11-6-5-7-12-19/h5-7,10-13,16,21H,8-9,14-15,17-18H2,1-4H3,(H,26,30)(H,27,31). The van der Waals surface area contributed by atoms with E-state index < -0.39 is 23.8 Å². The zero-order chi connectivity index (χ0) is 25.0. The summed E-state index contributed by atoms with van der Waals surface area (Å²) in [5.74, 6) is -0.186. The lowest BCUT2D eigenvalue weighted by Crippen LogP contribution is -2.48. The highest BCUT2D eigenvalue weighted by Crippen LogP contribution is 2.14. The Labute approximate surface area is 205 Å². The molecule has 0 aliphatic heterocycles. The van der Waals surface area contributed by atoms with E-state index >= 15 is 0 Å². The highest BCUT2D eigenvalue weighted by atomic mass is 32.1. The SMILES string of the molecule is CN(Cc1cccs1)C(=O)C(CCCCNC(=O)OCc1ccccc1)NC(=O)OC(C)(C)C. The van der Waals surface area contributed by atoms with Crippen LogP contribution in [0.5, 0.6) is 0 Å². The molecule has 0 aliphatic carbocycles. The van der Waals surface area contributed by atoms with E-state index in [1.807, 2.05) is 47.8 Å². The normalized spacial score (nSPS) is 11.9. The Balaban J connectivity index is 1.80. The zero-order valence-corrected chi connectivity index (χ0v) is 21.2. The van der Waals surface area contributed by atoms with Gasteiger partial charge in [0.15, 0.2) is 0 Å². The van der Waals surface area contributed by atoms with Crippen molar-refractivity contribution in [3.8, 4) is 0 Å². The number of benzene rings is 1. The van der Waals surface area contributed by atoms with Crippen LogP contribution in [0.1, 0.15) is 50.5 Å². The number of carbonyl (C=O) groups is 3. The van der Waals surface area contributed by atoms with E-state index in [4.69, 9.17) is 9.47 Å². The second-order valence-corrected chi connectivity index (χ2v) is 9.99. The van der Waals surface area contributed by atoms with Gasteiger partial charge in [-0.25, -0.2) is 9.59 Å². The third-order valence-electron chi connectivity index (χ3n) is 4.74. The predicted molar refractivity (Wildman–Crippen MR) is 132 cm³/mol. The van der Waals surface area contributed by atoms with Crippen LogP contribution in [0.4, 0.5) is 9.59 Å². The molecule has 0 bridgehead atoms. The highest BCUT2D eigenvalue weighted by molar-refractivity contribution is 7.09. The van der Waals surface area contributed by atoms with Crippen LogP contribution in [-0.2, 0) is 27.4 Å². The van der Waals surface area contributed by atoms with Crippen LogP contribution in [0.3, 0.4) is 0 Å². The van der Waals surface area contributed by atoms with Gasteiger partial charge in [-0.3, -0.25) is 4.79 Å². The fourth-order valence-corrected chi connectivity index (χ4v) is 3.88. The molecule has 34 heavy (non-hydrogen) atoms. The van der Waals surface area contributed by atoms with Gasteiger partial charge in [0.1, 0.15) is 18.2 Å². The summed E-state index contributed by atoms with van der Waals surface area (Å²) >= 11 is 1.57. The van der Waals surface area contributed by atoms with E-state index in [-0.39, 0.29) is 12.5 Å². The molecular formula is C25H35N3O5S. The maximum absolute atomic E-state index is 13.0. The van der Waals surface area contributed by atoms with E-state index in [0.29, 0.717) is 32.4 Å². The Bertz CT molecular complexity index is 897. The number of hydrogen-bond donors (Lipinski definition) is 2. The van der Waals surface area contributed by atoms with Gasteiger partial charge in [-0.15, -0.1) is 11.3 Å². The molecule has 2 N–H and O–H groups in total. The summed E-state index contributed by atoms with van der Waals surface area (Å²) in [7, 11) is 1.72. The number of unbranched alkanes of at least 4 members (excludes halogenated alkanes) is 1. The first-order valence-corrected chi connectivity index (χ1v) is 12.2. The molecule has 1 aromatic carbocycles. The molecule has 0 fully saturated rings. The van der Waals surface area contributed by atoms with Crippen molar-refractivity contribution in [1.29, 1.82) is 0 Å². The minimum Gasteiger partial charge on any atom is -0.445 e. The van der Waals surface area contributed by atoms with Gasteiger partial charge in [-0.05, 0) is 57.0 Å². The Morgan fingerprint density at radius 3 is 2.41 bits per heavy atom.